The largest absolute Gasteiger partial charge is 0.397 e. The summed E-state index contributed by atoms with van der Waals surface area (Å²) in [6.07, 6.45) is 0. The van der Waals surface area contributed by atoms with Crippen LogP contribution in [-0.4, -0.2) is 0 Å². The number of thiophene rings is 1. The van der Waals surface area contributed by atoms with E-state index in [0.29, 0.717) is 0 Å². The van der Waals surface area contributed by atoms with Gasteiger partial charge in [0.2, 0.25) is 0 Å². The molecule has 0 radical (unpaired) electrons. The minimum atomic E-state index is -0.222. The summed E-state index contributed by atoms with van der Waals surface area (Å²) in [6.45, 7) is 1.97. The molecule has 15 heavy (non-hydrogen) atoms. The average Bonchev–Trinajstić information content (AvgIpc) is 2.47. The van der Waals surface area contributed by atoms with E-state index < -0.39 is 0 Å². The van der Waals surface area contributed by atoms with E-state index in [-0.39, 0.29) is 5.82 Å². The summed E-state index contributed by atoms with van der Waals surface area (Å²) >= 11 is 4.97. The SMILES string of the molecule is Cc1c(-c2ccc(F)cc2)sc(Br)c1N. The van der Waals surface area contributed by atoms with Crippen molar-refractivity contribution in [3.63, 3.8) is 0 Å². The molecule has 1 heterocycles. The van der Waals surface area contributed by atoms with Crippen LogP contribution in [0, 0.1) is 12.7 Å². The third-order valence-electron chi connectivity index (χ3n) is 2.25. The zero-order valence-corrected chi connectivity index (χ0v) is 10.5. The quantitative estimate of drug-likeness (QED) is 0.835. The van der Waals surface area contributed by atoms with Gasteiger partial charge in [0, 0.05) is 4.88 Å². The van der Waals surface area contributed by atoms with Crippen molar-refractivity contribution in [3.8, 4) is 10.4 Å². The maximum absolute atomic E-state index is 12.8. The molecular formula is C11H9BrFNS. The van der Waals surface area contributed by atoms with Crippen molar-refractivity contribution in [3.05, 3.63) is 39.4 Å². The molecule has 0 bridgehead atoms. The minimum Gasteiger partial charge on any atom is -0.397 e. The van der Waals surface area contributed by atoms with Crippen molar-refractivity contribution in [1.82, 2.24) is 0 Å². The highest BCUT2D eigenvalue weighted by atomic mass is 79.9. The van der Waals surface area contributed by atoms with Crippen LogP contribution in [0.15, 0.2) is 28.1 Å². The predicted molar refractivity (Wildman–Crippen MR) is 66.6 cm³/mol. The predicted octanol–water partition coefficient (Wildman–Crippen LogP) is 4.21. The molecule has 0 aliphatic carbocycles. The summed E-state index contributed by atoms with van der Waals surface area (Å²) < 4.78 is 13.7. The highest BCUT2D eigenvalue weighted by molar-refractivity contribution is 9.11. The number of nitrogen functional groups attached to an aromatic ring is 1. The van der Waals surface area contributed by atoms with Crippen LogP contribution in [0.25, 0.3) is 10.4 Å². The highest BCUT2D eigenvalue weighted by Crippen LogP contribution is 2.41. The van der Waals surface area contributed by atoms with E-state index in [1.54, 1.807) is 23.5 Å². The number of rotatable bonds is 1. The molecule has 2 aromatic rings. The van der Waals surface area contributed by atoms with E-state index in [4.69, 9.17) is 5.73 Å². The second-order valence-corrected chi connectivity index (χ2v) is 5.59. The molecule has 0 aliphatic heterocycles. The second kappa shape index (κ2) is 3.94. The third kappa shape index (κ3) is 1.92. The maximum Gasteiger partial charge on any atom is 0.123 e. The molecular weight excluding hydrogens is 277 g/mol. The van der Waals surface area contributed by atoms with E-state index in [9.17, 15) is 4.39 Å². The molecule has 78 valence electrons. The molecule has 1 aromatic carbocycles. The summed E-state index contributed by atoms with van der Waals surface area (Å²) in [5.74, 6) is -0.222. The normalized spacial score (nSPS) is 10.6. The topological polar surface area (TPSA) is 26.0 Å². The summed E-state index contributed by atoms with van der Waals surface area (Å²) in [5.41, 5.74) is 8.66. The second-order valence-electron chi connectivity index (χ2n) is 3.25. The zero-order valence-electron chi connectivity index (χ0n) is 8.05. The van der Waals surface area contributed by atoms with E-state index >= 15 is 0 Å². The first-order valence-electron chi connectivity index (χ1n) is 4.40. The van der Waals surface area contributed by atoms with E-state index in [1.165, 1.54) is 12.1 Å². The number of halogens is 2. The van der Waals surface area contributed by atoms with Crippen LogP contribution in [0.4, 0.5) is 10.1 Å². The lowest BCUT2D eigenvalue weighted by Crippen LogP contribution is -1.85. The van der Waals surface area contributed by atoms with Crippen molar-refractivity contribution in [2.45, 2.75) is 6.92 Å². The zero-order chi connectivity index (χ0) is 11.0. The minimum absolute atomic E-state index is 0.222. The van der Waals surface area contributed by atoms with Crippen LogP contribution in [-0.2, 0) is 0 Å². The molecule has 1 aromatic heterocycles. The van der Waals surface area contributed by atoms with Crippen LogP contribution in [0.1, 0.15) is 5.56 Å². The molecule has 2 rings (SSSR count). The first-order valence-corrected chi connectivity index (χ1v) is 6.01. The van der Waals surface area contributed by atoms with Crippen LogP contribution in [0.2, 0.25) is 0 Å². The summed E-state index contributed by atoms with van der Waals surface area (Å²) in [5, 5.41) is 0. The van der Waals surface area contributed by atoms with Gasteiger partial charge < -0.3 is 5.73 Å². The van der Waals surface area contributed by atoms with Gasteiger partial charge in [0.1, 0.15) is 5.82 Å². The van der Waals surface area contributed by atoms with Crippen LogP contribution in [0.3, 0.4) is 0 Å². The Morgan fingerprint density at radius 3 is 2.33 bits per heavy atom. The van der Waals surface area contributed by atoms with Gasteiger partial charge in [-0.3, -0.25) is 0 Å². The van der Waals surface area contributed by atoms with E-state index in [1.807, 2.05) is 6.92 Å². The number of anilines is 1. The van der Waals surface area contributed by atoms with Gasteiger partial charge in [-0.05, 0) is 46.1 Å². The summed E-state index contributed by atoms with van der Waals surface area (Å²) in [4.78, 5) is 1.08. The Morgan fingerprint density at radius 1 is 1.27 bits per heavy atom. The maximum atomic E-state index is 12.8. The molecule has 0 atom stereocenters. The summed E-state index contributed by atoms with van der Waals surface area (Å²) in [7, 11) is 0. The number of benzene rings is 1. The van der Waals surface area contributed by atoms with Crippen LogP contribution in [0.5, 0.6) is 0 Å². The van der Waals surface area contributed by atoms with Gasteiger partial charge in [-0.25, -0.2) is 4.39 Å². The molecule has 2 N–H and O–H groups in total. The smallest absolute Gasteiger partial charge is 0.123 e. The lowest BCUT2D eigenvalue weighted by molar-refractivity contribution is 0.628. The van der Waals surface area contributed by atoms with E-state index in [2.05, 4.69) is 15.9 Å². The Bertz CT molecular complexity index is 490. The number of hydrogen-bond acceptors (Lipinski definition) is 2. The molecule has 0 saturated carbocycles. The molecule has 1 nitrogen and oxygen atoms in total. The Balaban J connectivity index is 2.54. The Hall–Kier alpha value is -0.870. The molecule has 0 fully saturated rings. The number of hydrogen-bond donors (Lipinski definition) is 1. The molecule has 0 spiro atoms. The lowest BCUT2D eigenvalue weighted by Gasteiger charge is -1.99. The van der Waals surface area contributed by atoms with E-state index in [0.717, 1.165) is 25.5 Å². The fourth-order valence-electron chi connectivity index (χ4n) is 1.37. The molecule has 0 aliphatic rings. The van der Waals surface area contributed by atoms with Gasteiger partial charge >= 0.3 is 0 Å². The van der Waals surface area contributed by atoms with Gasteiger partial charge in [-0.2, -0.15) is 0 Å². The molecule has 0 amide bonds. The third-order valence-corrected chi connectivity index (χ3v) is 4.31. The van der Waals surface area contributed by atoms with Gasteiger partial charge in [0.25, 0.3) is 0 Å². The Morgan fingerprint density at radius 2 is 1.87 bits per heavy atom. The van der Waals surface area contributed by atoms with Crippen molar-refractivity contribution >= 4 is 33.0 Å². The standard InChI is InChI=1S/C11H9BrFNS/c1-6-9(14)11(12)15-10(6)7-2-4-8(13)5-3-7/h2-5H,14H2,1H3. The average molecular weight is 286 g/mol. The molecule has 0 saturated heterocycles. The van der Waals surface area contributed by atoms with Crippen molar-refractivity contribution < 1.29 is 4.39 Å². The number of nitrogens with two attached hydrogens (primary N) is 1. The first-order chi connectivity index (χ1) is 7.09. The highest BCUT2D eigenvalue weighted by Gasteiger charge is 2.11. The Kier molecular flexibility index (Phi) is 2.80. The Labute approximate surface area is 99.9 Å². The van der Waals surface area contributed by atoms with Gasteiger partial charge in [-0.1, -0.05) is 12.1 Å². The first kappa shape index (κ1) is 10.6. The van der Waals surface area contributed by atoms with Gasteiger partial charge in [0.15, 0.2) is 0 Å². The van der Waals surface area contributed by atoms with Gasteiger partial charge in [0.05, 0.1) is 9.47 Å². The molecule has 4 heteroatoms. The fourth-order valence-corrected chi connectivity index (χ4v) is 3.11. The molecule has 0 unspecified atom stereocenters. The van der Waals surface area contributed by atoms with Crippen LogP contribution >= 0.6 is 27.3 Å². The summed E-state index contributed by atoms with van der Waals surface area (Å²) in [6, 6.07) is 6.44. The van der Waals surface area contributed by atoms with Crippen molar-refractivity contribution in [2.24, 2.45) is 0 Å². The van der Waals surface area contributed by atoms with Crippen molar-refractivity contribution in [2.75, 3.05) is 5.73 Å². The fraction of sp³-hybridized carbons (Fsp3) is 0.0909. The van der Waals surface area contributed by atoms with Crippen LogP contribution < -0.4 is 5.73 Å². The van der Waals surface area contributed by atoms with Crippen molar-refractivity contribution in [1.29, 1.82) is 0 Å². The monoisotopic (exact) mass is 285 g/mol. The van der Waals surface area contributed by atoms with Gasteiger partial charge in [-0.15, -0.1) is 11.3 Å². The lowest BCUT2D eigenvalue weighted by atomic mass is 10.1.